The first-order valence-electron chi connectivity index (χ1n) is 5.39. The van der Waals surface area contributed by atoms with E-state index in [9.17, 15) is 4.79 Å². The average molecular weight is 231 g/mol. The van der Waals surface area contributed by atoms with Gasteiger partial charge in [0.2, 0.25) is 5.91 Å². The van der Waals surface area contributed by atoms with Crippen LogP contribution in [0.2, 0.25) is 0 Å². The molecule has 1 aliphatic heterocycles. The molecule has 0 aromatic carbocycles. The largest absolute Gasteiger partial charge is 0.339 e. The van der Waals surface area contributed by atoms with Crippen molar-refractivity contribution in [2.45, 2.75) is 0 Å². The Balaban J connectivity index is 2.21. The zero-order valence-corrected chi connectivity index (χ0v) is 10.5. The molecule has 5 heteroatoms. The molecule has 0 spiro atoms. The molecule has 0 radical (unpaired) electrons. The fourth-order valence-electron chi connectivity index (χ4n) is 1.66. The van der Waals surface area contributed by atoms with E-state index in [-0.39, 0.29) is 5.91 Å². The summed E-state index contributed by atoms with van der Waals surface area (Å²) >= 11 is 4.00. The Morgan fingerprint density at radius 3 is 2.33 bits per heavy atom. The predicted molar refractivity (Wildman–Crippen MR) is 65.4 cm³/mol. The minimum absolute atomic E-state index is 0.158. The van der Waals surface area contributed by atoms with Crippen LogP contribution in [0.5, 0.6) is 0 Å². The molecular formula is C10H21N3OS. The first kappa shape index (κ1) is 12.8. The Morgan fingerprint density at radius 2 is 1.87 bits per heavy atom. The second kappa shape index (κ2) is 6.35. The third kappa shape index (κ3) is 4.40. The fraction of sp³-hybridized carbons (Fsp3) is 0.900. The summed E-state index contributed by atoms with van der Waals surface area (Å²) in [5.41, 5.74) is 0. The second-order valence-corrected chi connectivity index (χ2v) is 4.50. The predicted octanol–water partition coefficient (Wildman–Crippen LogP) is -0.378. The van der Waals surface area contributed by atoms with Crippen LogP contribution in [-0.4, -0.2) is 79.7 Å². The number of nitrogens with zero attached hydrogens (tertiary/aromatic N) is 3. The number of likely N-dealkylation sites (N-methyl/N-ethyl adjacent to an activating group) is 1. The molecule has 1 heterocycles. The molecule has 0 saturated carbocycles. The molecule has 1 fully saturated rings. The zero-order chi connectivity index (χ0) is 11.3. The summed E-state index contributed by atoms with van der Waals surface area (Å²) in [6, 6.07) is 0. The number of carbonyl (C=O) groups is 1. The number of hydrogen-bond donors (Lipinski definition) is 1. The summed E-state index contributed by atoms with van der Waals surface area (Å²) in [4.78, 5) is 17.9. The maximum absolute atomic E-state index is 11.4. The number of piperazine rings is 1. The lowest BCUT2D eigenvalue weighted by atomic mass is 10.3. The summed E-state index contributed by atoms with van der Waals surface area (Å²) < 4.78 is 0. The van der Waals surface area contributed by atoms with Gasteiger partial charge < -0.3 is 9.80 Å². The summed E-state index contributed by atoms with van der Waals surface area (Å²) in [6.45, 7) is 5.87. The van der Waals surface area contributed by atoms with Crippen molar-refractivity contribution in [2.24, 2.45) is 0 Å². The second-order valence-electron chi connectivity index (χ2n) is 4.18. The fourth-order valence-corrected chi connectivity index (χ4v) is 1.86. The van der Waals surface area contributed by atoms with E-state index in [0.29, 0.717) is 5.75 Å². The molecule has 0 N–H and O–H groups in total. The van der Waals surface area contributed by atoms with E-state index in [4.69, 9.17) is 0 Å². The van der Waals surface area contributed by atoms with Crippen molar-refractivity contribution in [2.75, 3.05) is 59.1 Å². The van der Waals surface area contributed by atoms with Gasteiger partial charge in [0.1, 0.15) is 0 Å². The van der Waals surface area contributed by atoms with Crippen molar-refractivity contribution in [1.29, 1.82) is 0 Å². The van der Waals surface area contributed by atoms with E-state index >= 15 is 0 Å². The maximum Gasteiger partial charge on any atom is 0.232 e. The van der Waals surface area contributed by atoms with Gasteiger partial charge in [-0.25, -0.2) is 0 Å². The number of thiol groups is 1. The topological polar surface area (TPSA) is 26.8 Å². The SMILES string of the molecule is CN(C)CCN1CCN(C(=O)CS)CC1. The summed E-state index contributed by atoms with van der Waals surface area (Å²) in [5.74, 6) is 0.489. The van der Waals surface area contributed by atoms with Crippen LogP contribution in [0.4, 0.5) is 0 Å². The summed E-state index contributed by atoms with van der Waals surface area (Å²) in [6.07, 6.45) is 0. The molecule has 0 atom stereocenters. The van der Waals surface area contributed by atoms with E-state index in [2.05, 4.69) is 36.5 Å². The monoisotopic (exact) mass is 231 g/mol. The zero-order valence-electron chi connectivity index (χ0n) is 9.65. The Bertz CT molecular complexity index is 203. The van der Waals surface area contributed by atoms with Crippen molar-refractivity contribution < 1.29 is 4.79 Å². The van der Waals surface area contributed by atoms with E-state index in [1.165, 1.54) is 0 Å². The highest BCUT2D eigenvalue weighted by Crippen LogP contribution is 2.02. The molecule has 0 unspecified atom stereocenters. The van der Waals surface area contributed by atoms with Gasteiger partial charge in [-0.05, 0) is 14.1 Å². The Labute approximate surface area is 97.6 Å². The number of carbonyl (C=O) groups excluding carboxylic acids is 1. The van der Waals surface area contributed by atoms with Crippen LogP contribution in [0.1, 0.15) is 0 Å². The molecule has 1 aliphatic rings. The molecule has 0 bridgehead atoms. The molecule has 15 heavy (non-hydrogen) atoms. The quantitative estimate of drug-likeness (QED) is 0.668. The molecule has 88 valence electrons. The van der Waals surface area contributed by atoms with Crippen LogP contribution < -0.4 is 0 Å². The van der Waals surface area contributed by atoms with Crippen molar-refractivity contribution in [1.82, 2.24) is 14.7 Å². The molecule has 4 nitrogen and oxygen atoms in total. The van der Waals surface area contributed by atoms with Crippen LogP contribution in [0.3, 0.4) is 0 Å². The van der Waals surface area contributed by atoms with Crippen LogP contribution in [0.25, 0.3) is 0 Å². The minimum Gasteiger partial charge on any atom is -0.339 e. The summed E-state index contributed by atoms with van der Waals surface area (Å²) in [5, 5.41) is 0. The smallest absolute Gasteiger partial charge is 0.232 e. The number of hydrogen-bond acceptors (Lipinski definition) is 4. The maximum atomic E-state index is 11.4. The van der Waals surface area contributed by atoms with Crippen molar-refractivity contribution in [3.8, 4) is 0 Å². The van der Waals surface area contributed by atoms with Gasteiger partial charge in [-0.1, -0.05) is 0 Å². The van der Waals surface area contributed by atoms with E-state index in [1.54, 1.807) is 0 Å². The molecule has 0 aromatic heterocycles. The van der Waals surface area contributed by atoms with Gasteiger partial charge in [0.25, 0.3) is 0 Å². The summed E-state index contributed by atoms with van der Waals surface area (Å²) in [7, 11) is 4.17. The molecule has 0 aliphatic carbocycles. The van der Waals surface area contributed by atoms with E-state index in [0.717, 1.165) is 39.3 Å². The van der Waals surface area contributed by atoms with Gasteiger partial charge in [0.15, 0.2) is 0 Å². The van der Waals surface area contributed by atoms with E-state index in [1.807, 2.05) is 4.90 Å². The minimum atomic E-state index is 0.158. The van der Waals surface area contributed by atoms with Crippen molar-refractivity contribution in [3.05, 3.63) is 0 Å². The standard InChI is InChI=1S/C10H21N3OS/c1-11(2)3-4-12-5-7-13(8-6-12)10(14)9-15/h15H,3-9H2,1-2H3. The van der Waals surface area contributed by atoms with Gasteiger partial charge in [0, 0.05) is 39.3 Å². The van der Waals surface area contributed by atoms with Gasteiger partial charge in [-0.3, -0.25) is 9.69 Å². The third-order valence-corrected chi connectivity index (χ3v) is 2.99. The normalized spacial score (nSPS) is 18.5. The lowest BCUT2D eigenvalue weighted by Gasteiger charge is -2.35. The van der Waals surface area contributed by atoms with Gasteiger partial charge in [-0.15, -0.1) is 0 Å². The highest BCUT2D eigenvalue weighted by Gasteiger charge is 2.19. The van der Waals surface area contributed by atoms with Crippen LogP contribution >= 0.6 is 12.6 Å². The van der Waals surface area contributed by atoms with Crippen LogP contribution in [-0.2, 0) is 4.79 Å². The lowest BCUT2D eigenvalue weighted by molar-refractivity contribution is -0.130. The number of rotatable bonds is 4. The highest BCUT2D eigenvalue weighted by molar-refractivity contribution is 7.81. The van der Waals surface area contributed by atoms with Crippen LogP contribution in [0.15, 0.2) is 0 Å². The van der Waals surface area contributed by atoms with Gasteiger partial charge >= 0.3 is 0 Å². The third-order valence-electron chi connectivity index (χ3n) is 2.72. The highest BCUT2D eigenvalue weighted by atomic mass is 32.1. The van der Waals surface area contributed by atoms with Gasteiger partial charge in [0.05, 0.1) is 5.75 Å². The lowest BCUT2D eigenvalue weighted by Crippen LogP contribution is -2.50. The Kier molecular flexibility index (Phi) is 5.42. The van der Waals surface area contributed by atoms with Crippen LogP contribution in [0, 0.1) is 0 Å². The van der Waals surface area contributed by atoms with Crippen molar-refractivity contribution >= 4 is 18.5 Å². The molecule has 0 aromatic rings. The molecular weight excluding hydrogens is 210 g/mol. The Morgan fingerprint density at radius 1 is 1.27 bits per heavy atom. The van der Waals surface area contributed by atoms with Gasteiger partial charge in [-0.2, -0.15) is 12.6 Å². The van der Waals surface area contributed by atoms with Crippen molar-refractivity contribution in [3.63, 3.8) is 0 Å². The Hall–Kier alpha value is -0.260. The molecule has 1 amide bonds. The molecule has 1 saturated heterocycles. The van der Waals surface area contributed by atoms with E-state index < -0.39 is 0 Å². The number of amides is 1. The first-order chi connectivity index (χ1) is 7.13. The molecule has 1 rings (SSSR count). The first-order valence-corrected chi connectivity index (χ1v) is 6.02. The average Bonchev–Trinajstić information content (AvgIpc) is 2.26.